The number of ether oxygens (including phenoxy) is 2. The molecule has 0 unspecified atom stereocenters. The minimum Gasteiger partial charge on any atom is -0.462 e. The fraction of sp³-hybridized carbons (Fsp3) is 0.600. The van der Waals surface area contributed by atoms with E-state index in [9.17, 15) is 29.5 Å². The zero-order chi connectivity index (χ0) is 42.0. The molecule has 1 aliphatic rings. The molecule has 5 N–H and O–H groups in total. The highest BCUT2D eigenvalue weighted by Crippen LogP contribution is 2.37. The summed E-state index contributed by atoms with van der Waals surface area (Å²) in [5.41, 5.74) is 0. The SMILES string of the molecule is CC/C=C\C/C=C\C/C=C\C/C=C\C/C=C\C/C=C\CCC(=O)O[C@H](COC(=O)CCC/C=C/C[C@@H]1[C@@H](/C=C/[C@@H](O)CCCCC)[C@H](O)C[C@@H]1O)COP(=O)(O)O. The lowest BCUT2D eigenvalue weighted by atomic mass is 9.89. The predicted octanol–water partition coefficient (Wildman–Crippen LogP) is 9.00. The monoisotopic (exact) mass is 818 g/mol. The molecule has 322 valence electrons. The topological polar surface area (TPSA) is 180 Å². The van der Waals surface area contributed by atoms with E-state index in [0.29, 0.717) is 38.5 Å². The van der Waals surface area contributed by atoms with E-state index in [1.807, 2.05) is 36.5 Å². The normalized spacial score (nSPS) is 20.6. The third-order valence-corrected chi connectivity index (χ3v) is 9.66. The number of phosphoric acid groups is 1. The standard InChI is InChI=1S/C45H71O11P/c1-3-5-7-8-9-10-11-12-13-14-15-16-17-18-19-20-21-22-28-32-45(50)56-39(37-55-57(51,52)53)36-54-44(49)31-27-24-23-26-30-40-41(43(48)35-42(40)47)34-33-38(46)29-25-6-4-2/h5,7,9-10,12-13,15-16,18-19,21-23,26,33-34,38-43,46-48H,3-4,6,8,11,14,17,20,24-25,27-32,35-37H2,1-2H3,(H2,51,52,53)/b7-5-,10-9-,13-12-,16-15-,19-18-,22-21-,26-23+,34-33+/t38-,39+,40+,41+,42-,43+/m0/s1. The number of rotatable bonds is 32. The Kier molecular flexibility index (Phi) is 30.7. The fourth-order valence-electron chi connectivity index (χ4n) is 6.04. The van der Waals surface area contributed by atoms with Crippen molar-refractivity contribution in [3.8, 4) is 0 Å². The van der Waals surface area contributed by atoms with Gasteiger partial charge in [0.2, 0.25) is 0 Å². The number of hydrogen-bond donors (Lipinski definition) is 5. The van der Waals surface area contributed by atoms with Crippen LogP contribution in [0.3, 0.4) is 0 Å². The van der Waals surface area contributed by atoms with Crippen molar-refractivity contribution in [2.45, 2.75) is 147 Å². The molecule has 0 aromatic carbocycles. The minimum atomic E-state index is -4.84. The number of aliphatic hydroxyl groups excluding tert-OH is 3. The molecule has 1 saturated carbocycles. The first-order valence-electron chi connectivity index (χ1n) is 20.8. The Morgan fingerprint density at radius 3 is 1.86 bits per heavy atom. The largest absolute Gasteiger partial charge is 0.469 e. The van der Waals surface area contributed by atoms with E-state index in [-0.39, 0.29) is 31.1 Å². The van der Waals surface area contributed by atoms with Crippen molar-refractivity contribution in [1.82, 2.24) is 0 Å². The third-order valence-electron chi connectivity index (χ3n) is 9.17. The summed E-state index contributed by atoms with van der Waals surface area (Å²) in [5.74, 6) is -1.61. The molecule has 0 heterocycles. The van der Waals surface area contributed by atoms with Crippen molar-refractivity contribution in [2.24, 2.45) is 11.8 Å². The first-order valence-corrected chi connectivity index (χ1v) is 22.3. The number of carbonyl (C=O) groups excluding carboxylic acids is 2. The maximum absolute atomic E-state index is 12.4. The highest BCUT2D eigenvalue weighted by Gasteiger charge is 2.39. The molecule has 11 nitrogen and oxygen atoms in total. The third kappa shape index (κ3) is 29.7. The van der Waals surface area contributed by atoms with Crippen LogP contribution in [0.5, 0.6) is 0 Å². The van der Waals surface area contributed by atoms with Gasteiger partial charge in [0, 0.05) is 25.2 Å². The molecule has 0 saturated heterocycles. The molecule has 6 atom stereocenters. The smallest absolute Gasteiger partial charge is 0.462 e. The number of carbonyl (C=O) groups is 2. The van der Waals surface area contributed by atoms with E-state index in [1.54, 1.807) is 6.08 Å². The Morgan fingerprint density at radius 2 is 1.28 bits per heavy atom. The maximum Gasteiger partial charge on any atom is 0.469 e. The van der Waals surface area contributed by atoms with Crippen LogP contribution in [0.1, 0.15) is 123 Å². The van der Waals surface area contributed by atoms with Crippen LogP contribution < -0.4 is 0 Å². The van der Waals surface area contributed by atoms with Crippen molar-refractivity contribution in [3.05, 3.63) is 97.2 Å². The average molecular weight is 819 g/mol. The zero-order valence-corrected chi connectivity index (χ0v) is 35.2. The number of allylic oxidation sites excluding steroid dienone is 14. The van der Waals surface area contributed by atoms with Gasteiger partial charge in [-0.05, 0) is 76.5 Å². The first kappa shape index (κ1) is 51.9. The average Bonchev–Trinajstić information content (AvgIpc) is 3.44. The molecule has 1 aliphatic carbocycles. The second-order valence-electron chi connectivity index (χ2n) is 14.2. The Balaban J connectivity index is 2.36. The van der Waals surface area contributed by atoms with Crippen LogP contribution in [-0.4, -0.2) is 74.7 Å². The predicted molar refractivity (Wildman–Crippen MR) is 227 cm³/mol. The van der Waals surface area contributed by atoms with Gasteiger partial charge in [-0.25, -0.2) is 4.57 Å². The molecule has 1 fully saturated rings. The number of esters is 2. The summed E-state index contributed by atoms with van der Waals surface area (Å²) in [7, 11) is -4.84. The summed E-state index contributed by atoms with van der Waals surface area (Å²) in [4.78, 5) is 43.0. The lowest BCUT2D eigenvalue weighted by Gasteiger charge is -2.19. The summed E-state index contributed by atoms with van der Waals surface area (Å²) >= 11 is 0. The number of aliphatic hydroxyl groups is 3. The molecular weight excluding hydrogens is 747 g/mol. The summed E-state index contributed by atoms with van der Waals surface area (Å²) in [5, 5.41) is 31.2. The lowest BCUT2D eigenvalue weighted by Crippen LogP contribution is -2.29. The number of hydrogen-bond acceptors (Lipinski definition) is 9. The minimum absolute atomic E-state index is 0.0315. The van der Waals surface area contributed by atoms with Gasteiger partial charge in [0.1, 0.15) is 6.61 Å². The van der Waals surface area contributed by atoms with Gasteiger partial charge in [-0.3, -0.25) is 14.1 Å². The maximum atomic E-state index is 12.4. The highest BCUT2D eigenvalue weighted by molar-refractivity contribution is 7.46. The van der Waals surface area contributed by atoms with Crippen LogP contribution in [-0.2, 0) is 28.2 Å². The Hall–Kier alpha value is -3.15. The van der Waals surface area contributed by atoms with Crippen LogP contribution in [0, 0.1) is 11.8 Å². The van der Waals surface area contributed by atoms with E-state index in [2.05, 4.69) is 73.1 Å². The van der Waals surface area contributed by atoms with Crippen molar-refractivity contribution in [1.29, 1.82) is 0 Å². The zero-order valence-electron chi connectivity index (χ0n) is 34.3. The van der Waals surface area contributed by atoms with E-state index >= 15 is 0 Å². The second kappa shape index (κ2) is 33.8. The number of unbranched alkanes of at least 4 members (excludes halogenated alkanes) is 3. The van der Waals surface area contributed by atoms with E-state index in [4.69, 9.17) is 19.3 Å². The van der Waals surface area contributed by atoms with Gasteiger partial charge >= 0.3 is 19.8 Å². The summed E-state index contributed by atoms with van der Waals surface area (Å²) in [6.07, 6.45) is 41.0. The molecule has 0 bridgehead atoms. The Bertz CT molecular complexity index is 1360. The molecule has 0 aromatic heterocycles. The van der Waals surface area contributed by atoms with Crippen LogP contribution in [0.4, 0.5) is 0 Å². The van der Waals surface area contributed by atoms with E-state index < -0.39 is 57.4 Å². The molecule has 0 spiro atoms. The molecule has 1 rings (SSSR count). The van der Waals surface area contributed by atoms with Gasteiger partial charge in [-0.2, -0.15) is 0 Å². The van der Waals surface area contributed by atoms with Crippen LogP contribution in [0.25, 0.3) is 0 Å². The van der Waals surface area contributed by atoms with Gasteiger partial charge < -0.3 is 34.6 Å². The molecule has 0 radical (unpaired) electrons. The Morgan fingerprint density at radius 1 is 0.702 bits per heavy atom. The van der Waals surface area contributed by atoms with Crippen molar-refractivity contribution in [3.63, 3.8) is 0 Å². The summed E-state index contributed by atoms with van der Waals surface area (Å²) < 4.78 is 26.3. The lowest BCUT2D eigenvalue weighted by molar-refractivity contribution is -0.161. The fourth-order valence-corrected chi connectivity index (χ4v) is 6.40. The van der Waals surface area contributed by atoms with Crippen molar-refractivity contribution < 1.29 is 53.3 Å². The van der Waals surface area contributed by atoms with Gasteiger partial charge in [-0.1, -0.05) is 130 Å². The van der Waals surface area contributed by atoms with E-state index in [0.717, 1.165) is 51.4 Å². The Labute approximate surface area is 341 Å². The molecule has 57 heavy (non-hydrogen) atoms. The molecule has 0 aromatic rings. The van der Waals surface area contributed by atoms with Gasteiger partial charge in [0.25, 0.3) is 0 Å². The van der Waals surface area contributed by atoms with Gasteiger partial charge in [0.05, 0.1) is 24.9 Å². The van der Waals surface area contributed by atoms with Crippen LogP contribution >= 0.6 is 7.82 Å². The van der Waals surface area contributed by atoms with Gasteiger partial charge in [-0.15, -0.1) is 0 Å². The molecular formula is C45H71O11P. The summed E-state index contributed by atoms with van der Waals surface area (Å²) in [6.45, 7) is 3.18. The molecule has 0 aliphatic heterocycles. The highest BCUT2D eigenvalue weighted by atomic mass is 31.2. The van der Waals surface area contributed by atoms with Gasteiger partial charge in [0.15, 0.2) is 6.10 Å². The number of phosphoric ester groups is 1. The van der Waals surface area contributed by atoms with Crippen LogP contribution in [0.2, 0.25) is 0 Å². The summed E-state index contributed by atoms with van der Waals surface area (Å²) in [6, 6.07) is 0. The van der Waals surface area contributed by atoms with Crippen LogP contribution in [0.15, 0.2) is 97.2 Å². The first-order chi connectivity index (χ1) is 27.5. The molecule has 12 heteroatoms. The second-order valence-corrected chi connectivity index (χ2v) is 15.4. The van der Waals surface area contributed by atoms with Crippen molar-refractivity contribution in [2.75, 3.05) is 13.2 Å². The van der Waals surface area contributed by atoms with E-state index in [1.165, 1.54) is 0 Å². The quantitative estimate of drug-likeness (QED) is 0.0189. The molecule has 0 amide bonds. The van der Waals surface area contributed by atoms with Crippen molar-refractivity contribution >= 4 is 19.8 Å².